The molecule has 3 heterocycles. The van der Waals surface area contributed by atoms with Crippen LogP contribution in [0.3, 0.4) is 0 Å². The van der Waals surface area contributed by atoms with E-state index < -0.39 is 0 Å². The van der Waals surface area contributed by atoms with Gasteiger partial charge in [-0.05, 0) is 0 Å². The van der Waals surface area contributed by atoms with Crippen molar-refractivity contribution in [1.82, 2.24) is 19.9 Å². The Bertz CT molecular complexity index is 486. The lowest BCUT2D eigenvalue weighted by molar-refractivity contribution is 0.118. The summed E-state index contributed by atoms with van der Waals surface area (Å²) >= 11 is 0. The van der Waals surface area contributed by atoms with Crippen LogP contribution in [-0.2, 0) is 4.74 Å². The average molecular weight is 245 g/mol. The van der Waals surface area contributed by atoms with Gasteiger partial charge in [-0.2, -0.15) is 0 Å². The van der Waals surface area contributed by atoms with Crippen LogP contribution in [-0.4, -0.2) is 39.7 Å². The molecule has 0 aromatic carbocycles. The molecule has 0 radical (unpaired) electrons. The molecule has 6 heteroatoms. The van der Waals surface area contributed by atoms with Gasteiger partial charge in [-0.25, -0.2) is 9.97 Å². The van der Waals surface area contributed by atoms with E-state index in [1.807, 2.05) is 6.20 Å². The summed E-state index contributed by atoms with van der Waals surface area (Å²) in [6.07, 6.45) is 9.86. The van der Waals surface area contributed by atoms with Crippen LogP contribution in [0.2, 0.25) is 0 Å². The number of H-pyrrole nitrogens is 1. The summed E-state index contributed by atoms with van der Waals surface area (Å²) in [4.78, 5) is 18.2. The molecule has 1 N–H and O–H groups in total. The Hall–Kier alpha value is -1.95. The zero-order valence-electron chi connectivity index (χ0n) is 10.2. The van der Waals surface area contributed by atoms with Gasteiger partial charge in [0.05, 0.1) is 18.3 Å². The predicted octanol–water partition coefficient (Wildman–Crippen LogP) is 1.17. The first-order valence-electron chi connectivity index (χ1n) is 5.93. The monoisotopic (exact) mass is 245 g/mol. The number of nitrogens with zero attached hydrogens (tertiary/aromatic N) is 4. The average Bonchev–Trinajstić information content (AvgIpc) is 3.08. The number of hydrogen-bond acceptors (Lipinski definition) is 5. The van der Waals surface area contributed by atoms with Crippen molar-refractivity contribution >= 4 is 5.82 Å². The molecule has 0 spiro atoms. The molecule has 94 valence electrons. The normalized spacial score (nSPS) is 23.5. The summed E-state index contributed by atoms with van der Waals surface area (Å²) < 4.78 is 5.46. The molecule has 3 rings (SSSR count). The van der Waals surface area contributed by atoms with Gasteiger partial charge in [0.25, 0.3) is 0 Å². The van der Waals surface area contributed by atoms with E-state index in [1.54, 1.807) is 31.9 Å². The van der Waals surface area contributed by atoms with Crippen molar-refractivity contribution in [3.63, 3.8) is 0 Å². The highest BCUT2D eigenvalue weighted by atomic mass is 16.5. The second-order valence-corrected chi connectivity index (χ2v) is 4.30. The first kappa shape index (κ1) is 11.2. The second-order valence-electron chi connectivity index (χ2n) is 4.30. The van der Waals surface area contributed by atoms with Crippen molar-refractivity contribution in [2.75, 3.05) is 18.6 Å². The van der Waals surface area contributed by atoms with Crippen molar-refractivity contribution < 1.29 is 4.74 Å². The largest absolute Gasteiger partial charge is 0.380 e. The molecule has 0 amide bonds. The van der Waals surface area contributed by atoms with Crippen LogP contribution in [0.15, 0.2) is 31.0 Å². The number of rotatable bonds is 3. The first-order valence-corrected chi connectivity index (χ1v) is 5.93. The van der Waals surface area contributed by atoms with Gasteiger partial charge in [-0.1, -0.05) is 0 Å². The number of aromatic nitrogens is 4. The molecular formula is C12H15N5O. The smallest absolute Gasteiger partial charge is 0.147 e. The van der Waals surface area contributed by atoms with Crippen LogP contribution in [0.25, 0.3) is 0 Å². The fraction of sp³-hybridized carbons (Fsp3) is 0.417. The maximum atomic E-state index is 5.46. The molecule has 18 heavy (non-hydrogen) atoms. The quantitative estimate of drug-likeness (QED) is 0.879. The van der Waals surface area contributed by atoms with Crippen molar-refractivity contribution in [3.8, 4) is 0 Å². The highest BCUT2D eigenvalue weighted by molar-refractivity contribution is 5.40. The minimum absolute atomic E-state index is 0.168. The number of nitrogens with one attached hydrogen (secondary N) is 1. The fourth-order valence-corrected chi connectivity index (χ4v) is 2.38. The maximum Gasteiger partial charge on any atom is 0.147 e. The van der Waals surface area contributed by atoms with Gasteiger partial charge in [0.2, 0.25) is 0 Å². The van der Waals surface area contributed by atoms with Crippen LogP contribution >= 0.6 is 0 Å². The Morgan fingerprint density at radius 3 is 2.94 bits per heavy atom. The molecule has 1 aliphatic heterocycles. The molecule has 1 saturated heterocycles. The van der Waals surface area contributed by atoms with E-state index in [-0.39, 0.29) is 12.1 Å². The molecule has 0 saturated carbocycles. The van der Waals surface area contributed by atoms with E-state index in [0.717, 1.165) is 24.6 Å². The van der Waals surface area contributed by atoms with Gasteiger partial charge >= 0.3 is 0 Å². The Balaban J connectivity index is 1.91. The van der Waals surface area contributed by atoms with E-state index in [1.165, 1.54) is 0 Å². The molecule has 6 nitrogen and oxygen atoms in total. The number of hydrogen-bond donors (Lipinski definition) is 1. The van der Waals surface area contributed by atoms with E-state index in [0.29, 0.717) is 0 Å². The Morgan fingerprint density at radius 2 is 2.28 bits per heavy atom. The summed E-state index contributed by atoms with van der Waals surface area (Å²) in [5.74, 6) is 1.80. The van der Waals surface area contributed by atoms with Gasteiger partial charge in [0.1, 0.15) is 11.6 Å². The summed E-state index contributed by atoms with van der Waals surface area (Å²) in [6.45, 7) is 0.806. The highest BCUT2D eigenvalue weighted by Crippen LogP contribution is 2.34. The molecule has 1 fully saturated rings. The molecule has 0 bridgehead atoms. The number of ether oxygens (including phenoxy) is 1. The van der Waals surface area contributed by atoms with Crippen molar-refractivity contribution in [3.05, 3.63) is 36.8 Å². The lowest BCUT2D eigenvalue weighted by atomic mass is 10.2. The molecule has 2 aromatic rings. The zero-order chi connectivity index (χ0) is 12.4. The van der Waals surface area contributed by atoms with Crippen molar-refractivity contribution in [1.29, 1.82) is 0 Å². The predicted molar refractivity (Wildman–Crippen MR) is 66.1 cm³/mol. The molecule has 1 aliphatic rings. The van der Waals surface area contributed by atoms with Gasteiger partial charge in [0.15, 0.2) is 0 Å². The van der Waals surface area contributed by atoms with Crippen LogP contribution in [0.1, 0.15) is 18.3 Å². The van der Waals surface area contributed by atoms with Crippen LogP contribution in [0, 0.1) is 0 Å². The third kappa shape index (κ3) is 1.95. The van der Waals surface area contributed by atoms with Gasteiger partial charge < -0.3 is 14.6 Å². The van der Waals surface area contributed by atoms with Gasteiger partial charge in [-0.3, -0.25) is 4.98 Å². The number of anilines is 1. The topological polar surface area (TPSA) is 66.9 Å². The molecule has 0 aliphatic carbocycles. The minimum Gasteiger partial charge on any atom is -0.380 e. The molecule has 1 unspecified atom stereocenters. The van der Waals surface area contributed by atoms with Gasteiger partial charge in [-0.15, -0.1) is 0 Å². The van der Waals surface area contributed by atoms with E-state index in [2.05, 4.69) is 24.8 Å². The number of methoxy groups -OCH3 is 1. The summed E-state index contributed by atoms with van der Waals surface area (Å²) in [7, 11) is 1.74. The molecule has 2 aromatic heterocycles. The lowest BCUT2D eigenvalue weighted by Crippen LogP contribution is -2.26. The van der Waals surface area contributed by atoms with E-state index >= 15 is 0 Å². The van der Waals surface area contributed by atoms with Crippen LogP contribution in [0.5, 0.6) is 0 Å². The van der Waals surface area contributed by atoms with E-state index in [9.17, 15) is 0 Å². The number of imidazole rings is 1. The van der Waals surface area contributed by atoms with Crippen LogP contribution < -0.4 is 4.90 Å². The maximum absolute atomic E-state index is 5.46. The standard InChI is InChI=1S/C12H15N5O/c1-18-9-6-10(12-15-4-5-16-12)17(8-9)11-7-13-2-3-14-11/h2-5,7,9-10H,6,8H2,1H3,(H,15,16)/t9-,10?/m1/s1. The Kier molecular flexibility index (Phi) is 2.93. The minimum atomic E-state index is 0.168. The summed E-state index contributed by atoms with van der Waals surface area (Å²) in [5.41, 5.74) is 0. The van der Waals surface area contributed by atoms with Crippen molar-refractivity contribution in [2.24, 2.45) is 0 Å². The van der Waals surface area contributed by atoms with Gasteiger partial charge in [0, 0.05) is 44.9 Å². The Morgan fingerprint density at radius 1 is 1.33 bits per heavy atom. The molecular weight excluding hydrogens is 230 g/mol. The second kappa shape index (κ2) is 4.73. The zero-order valence-corrected chi connectivity index (χ0v) is 10.2. The van der Waals surface area contributed by atoms with Crippen molar-refractivity contribution in [2.45, 2.75) is 18.6 Å². The first-order chi connectivity index (χ1) is 8.88. The van der Waals surface area contributed by atoms with E-state index in [4.69, 9.17) is 4.74 Å². The lowest BCUT2D eigenvalue weighted by Gasteiger charge is -2.23. The van der Waals surface area contributed by atoms with Crippen LogP contribution in [0.4, 0.5) is 5.82 Å². The molecule has 2 atom stereocenters. The third-order valence-corrected chi connectivity index (χ3v) is 3.27. The fourth-order valence-electron chi connectivity index (χ4n) is 2.38. The number of aromatic amines is 1. The Labute approximate surface area is 105 Å². The summed E-state index contributed by atoms with van der Waals surface area (Å²) in [6, 6.07) is 0.168. The summed E-state index contributed by atoms with van der Waals surface area (Å²) in [5, 5.41) is 0. The SMILES string of the molecule is CO[C@@H]1CC(c2ncc[nH]2)N(c2cnccn2)C1. The highest BCUT2D eigenvalue weighted by Gasteiger charge is 2.35. The third-order valence-electron chi connectivity index (χ3n) is 3.27.